The maximum absolute atomic E-state index is 12.7. The Labute approximate surface area is 112 Å². The summed E-state index contributed by atoms with van der Waals surface area (Å²) in [6.07, 6.45) is 0. The summed E-state index contributed by atoms with van der Waals surface area (Å²) in [7, 11) is 0. The van der Waals surface area contributed by atoms with Gasteiger partial charge in [0.2, 0.25) is 5.91 Å². The van der Waals surface area contributed by atoms with E-state index in [1.807, 2.05) is 20.8 Å². The smallest absolute Gasteiger partial charge is 0.259 e. The third-order valence-corrected chi connectivity index (χ3v) is 3.28. The Kier molecular flexibility index (Phi) is 3.00. The lowest BCUT2D eigenvalue weighted by Gasteiger charge is -2.38. The van der Waals surface area contributed by atoms with Gasteiger partial charge in [0.25, 0.3) is 5.91 Å². The standard InChI is InChI=1S/C14H19N3O2/c1-8-12(18)16-10-7-5-6-9(15)11(10)13(19)17(8)14(2,3)4/h5-8H,15H2,1-4H3,(H,16,18). The number of carbonyl (C=O) groups is 2. The Morgan fingerprint density at radius 3 is 2.47 bits per heavy atom. The van der Waals surface area contributed by atoms with E-state index in [9.17, 15) is 9.59 Å². The Bertz CT molecular complexity index is 546. The van der Waals surface area contributed by atoms with Gasteiger partial charge in [0.05, 0.1) is 11.3 Å². The molecule has 102 valence electrons. The van der Waals surface area contributed by atoms with Crippen LogP contribution in [0.4, 0.5) is 11.4 Å². The molecule has 3 N–H and O–H groups in total. The van der Waals surface area contributed by atoms with Crippen LogP contribution in [0.15, 0.2) is 18.2 Å². The van der Waals surface area contributed by atoms with E-state index in [1.54, 1.807) is 30.0 Å². The maximum Gasteiger partial charge on any atom is 0.259 e. The molecule has 0 aliphatic carbocycles. The summed E-state index contributed by atoms with van der Waals surface area (Å²) >= 11 is 0. The highest BCUT2D eigenvalue weighted by Crippen LogP contribution is 2.31. The van der Waals surface area contributed by atoms with Crippen molar-refractivity contribution in [2.45, 2.75) is 39.3 Å². The molecule has 1 aliphatic rings. The van der Waals surface area contributed by atoms with Crippen LogP contribution in [0.3, 0.4) is 0 Å². The van der Waals surface area contributed by atoms with E-state index in [0.29, 0.717) is 16.9 Å². The zero-order valence-electron chi connectivity index (χ0n) is 11.7. The first-order valence-corrected chi connectivity index (χ1v) is 6.26. The van der Waals surface area contributed by atoms with Gasteiger partial charge in [-0.25, -0.2) is 0 Å². The van der Waals surface area contributed by atoms with Crippen LogP contribution in [0.1, 0.15) is 38.1 Å². The summed E-state index contributed by atoms with van der Waals surface area (Å²) in [5, 5.41) is 2.76. The molecule has 1 aromatic rings. The van der Waals surface area contributed by atoms with Crippen LogP contribution in [0.2, 0.25) is 0 Å². The monoisotopic (exact) mass is 261 g/mol. The molecule has 19 heavy (non-hydrogen) atoms. The molecular weight excluding hydrogens is 242 g/mol. The molecular formula is C14H19N3O2. The van der Waals surface area contributed by atoms with Gasteiger partial charge in [-0.05, 0) is 39.8 Å². The van der Waals surface area contributed by atoms with Gasteiger partial charge in [-0.1, -0.05) is 6.07 Å². The molecule has 1 unspecified atom stereocenters. The topological polar surface area (TPSA) is 75.4 Å². The van der Waals surface area contributed by atoms with Crippen LogP contribution in [0.25, 0.3) is 0 Å². The Balaban J connectivity index is 2.64. The summed E-state index contributed by atoms with van der Waals surface area (Å²) in [5.74, 6) is -0.418. The second-order valence-corrected chi connectivity index (χ2v) is 5.78. The first kappa shape index (κ1) is 13.4. The zero-order valence-corrected chi connectivity index (χ0v) is 11.7. The van der Waals surface area contributed by atoms with Crippen molar-refractivity contribution < 1.29 is 9.59 Å². The number of rotatable bonds is 0. The number of amides is 2. The summed E-state index contributed by atoms with van der Waals surface area (Å²) in [6, 6.07) is 4.54. The second-order valence-electron chi connectivity index (χ2n) is 5.78. The molecule has 0 fully saturated rings. The fourth-order valence-corrected chi connectivity index (χ4v) is 2.45. The molecule has 1 aromatic carbocycles. The SMILES string of the molecule is CC1C(=O)Nc2cccc(N)c2C(=O)N1C(C)(C)C. The lowest BCUT2D eigenvalue weighted by Crippen LogP contribution is -2.53. The second kappa shape index (κ2) is 4.26. The predicted molar refractivity (Wildman–Crippen MR) is 74.9 cm³/mol. The minimum absolute atomic E-state index is 0.201. The molecule has 0 bridgehead atoms. The number of hydrogen-bond donors (Lipinski definition) is 2. The number of fused-ring (bicyclic) bond motifs is 1. The van der Waals surface area contributed by atoms with E-state index >= 15 is 0 Å². The molecule has 0 radical (unpaired) electrons. The quantitative estimate of drug-likeness (QED) is 0.700. The van der Waals surface area contributed by atoms with E-state index in [4.69, 9.17) is 5.73 Å². The van der Waals surface area contributed by atoms with Gasteiger partial charge in [0.15, 0.2) is 0 Å². The van der Waals surface area contributed by atoms with Crippen molar-refractivity contribution >= 4 is 23.2 Å². The number of nitrogens with zero attached hydrogens (tertiary/aromatic N) is 1. The van der Waals surface area contributed by atoms with Crippen molar-refractivity contribution in [3.05, 3.63) is 23.8 Å². The molecule has 5 heteroatoms. The minimum atomic E-state index is -0.542. The third-order valence-electron chi connectivity index (χ3n) is 3.28. The van der Waals surface area contributed by atoms with E-state index < -0.39 is 11.6 Å². The number of carbonyl (C=O) groups excluding carboxylic acids is 2. The number of nitrogen functional groups attached to an aromatic ring is 1. The fourth-order valence-electron chi connectivity index (χ4n) is 2.45. The van der Waals surface area contributed by atoms with E-state index in [2.05, 4.69) is 5.32 Å². The largest absolute Gasteiger partial charge is 0.398 e. The van der Waals surface area contributed by atoms with Crippen molar-refractivity contribution in [3.63, 3.8) is 0 Å². The molecule has 1 heterocycles. The molecule has 1 atom stereocenters. The van der Waals surface area contributed by atoms with Gasteiger partial charge >= 0.3 is 0 Å². The number of benzene rings is 1. The van der Waals surface area contributed by atoms with Crippen LogP contribution < -0.4 is 11.1 Å². The molecule has 0 saturated carbocycles. The highest BCUT2D eigenvalue weighted by Gasteiger charge is 2.39. The average Bonchev–Trinajstić information content (AvgIpc) is 2.35. The van der Waals surface area contributed by atoms with Crippen LogP contribution >= 0.6 is 0 Å². The lowest BCUT2D eigenvalue weighted by molar-refractivity contribution is -0.121. The molecule has 0 saturated heterocycles. The van der Waals surface area contributed by atoms with Gasteiger partial charge < -0.3 is 16.0 Å². The first-order chi connectivity index (χ1) is 8.73. The Morgan fingerprint density at radius 2 is 1.89 bits per heavy atom. The van der Waals surface area contributed by atoms with Crippen LogP contribution in [-0.4, -0.2) is 28.3 Å². The highest BCUT2D eigenvalue weighted by molar-refractivity contribution is 6.12. The molecule has 0 spiro atoms. The van der Waals surface area contributed by atoms with Crippen LogP contribution in [0, 0.1) is 0 Å². The van der Waals surface area contributed by atoms with Crippen molar-refractivity contribution in [1.82, 2.24) is 4.90 Å². The normalized spacial score (nSPS) is 19.8. The highest BCUT2D eigenvalue weighted by atomic mass is 16.2. The third kappa shape index (κ3) is 2.16. The average molecular weight is 261 g/mol. The molecule has 1 aliphatic heterocycles. The summed E-state index contributed by atoms with van der Waals surface area (Å²) in [5.41, 5.74) is 6.67. The molecule has 0 aromatic heterocycles. The Morgan fingerprint density at radius 1 is 1.26 bits per heavy atom. The van der Waals surface area contributed by atoms with E-state index in [-0.39, 0.29) is 11.8 Å². The van der Waals surface area contributed by atoms with Crippen molar-refractivity contribution in [1.29, 1.82) is 0 Å². The number of hydrogen-bond acceptors (Lipinski definition) is 3. The van der Waals surface area contributed by atoms with Gasteiger partial charge in [-0.2, -0.15) is 0 Å². The number of nitrogens with two attached hydrogens (primary N) is 1. The van der Waals surface area contributed by atoms with Gasteiger partial charge in [-0.3, -0.25) is 9.59 Å². The van der Waals surface area contributed by atoms with Crippen molar-refractivity contribution in [2.24, 2.45) is 0 Å². The van der Waals surface area contributed by atoms with Crippen molar-refractivity contribution in [3.8, 4) is 0 Å². The Hall–Kier alpha value is -2.04. The summed E-state index contributed by atoms with van der Waals surface area (Å²) in [4.78, 5) is 26.4. The van der Waals surface area contributed by atoms with Gasteiger partial charge in [0.1, 0.15) is 6.04 Å². The predicted octanol–water partition coefficient (Wildman–Crippen LogP) is 1.85. The first-order valence-electron chi connectivity index (χ1n) is 6.26. The molecule has 2 amide bonds. The van der Waals surface area contributed by atoms with E-state index in [1.165, 1.54) is 0 Å². The minimum Gasteiger partial charge on any atom is -0.398 e. The summed E-state index contributed by atoms with van der Waals surface area (Å²) in [6.45, 7) is 7.43. The molecule has 5 nitrogen and oxygen atoms in total. The number of nitrogens with one attached hydrogen (secondary N) is 1. The zero-order chi connectivity index (χ0) is 14.4. The van der Waals surface area contributed by atoms with Crippen molar-refractivity contribution in [2.75, 3.05) is 11.1 Å². The summed E-state index contributed by atoms with van der Waals surface area (Å²) < 4.78 is 0. The van der Waals surface area contributed by atoms with E-state index in [0.717, 1.165) is 0 Å². The van der Waals surface area contributed by atoms with Gasteiger partial charge in [0, 0.05) is 11.2 Å². The fraction of sp³-hybridized carbons (Fsp3) is 0.429. The van der Waals surface area contributed by atoms with Crippen LogP contribution in [0.5, 0.6) is 0 Å². The lowest BCUT2D eigenvalue weighted by atomic mass is 10.0. The maximum atomic E-state index is 12.7. The van der Waals surface area contributed by atoms with Gasteiger partial charge in [-0.15, -0.1) is 0 Å². The van der Waals surface area contributed by atoms with Crippen LogP contribution in [-0.2, 0) is 4.79 Å². The number of anilines is 2. The molecule has 2 rings (SSSR count).